The minimum absolute atomic E-state index is 0.0162. The Labute approximate surface area is 311 Å². The highest BCUT2D eigenvalue weighted by atomic mass is 16.5. The van der Waals surface area contributed by atoms with Gasteiger partial charge in [-0.2, -0.15) is 4.57 Å². The number of para-hydroxylation sites is 5. The highest BCUT2D eigenvalue weighted by Gasteiger charge is 2.51. The Bertz CT molecular complexity index is 2910. The lowest BCUT2D eigenvalue weighted by Gasteiger charge is -2.44. The van der Waals surface area contributed by atoms with Crippen molar-refractivity contribution in [3.05, 3.63) is 181 Å². The van der Waals surface area contributed by atoms with Gasteiger partial charge in [-0.3, -0.25) is 0 Å². The van der Waals surface area contributed by atoms with E-state index in [1.807, 2.05) is 0 Å². The molecule has 250 valence electrons. The van der Waals surface area contributed by atoms with Crippen molar-refractivity contribution in [3.63, 3.8) is 0 Å². The van der Waals surface area contributed by atoms with Gasteiger partial charge in [0.25, 0.3) is 0 Å². The zero-order chi connectivity index (χ0) is 35.1. The number of fused-ring (bicyclic) bond motifs is 11. The second kappa shape index (κ2) is 10.3. The first-order valence-corrected chi connectivity index (χ1v) is 18.6. The van der Waals surface area contributed by atoms with Crippen molar-refractivity contribution in [2.24, 2.45) is 0 Å². The normalized spacial score (nSPS) is 15.1. The van der Waals surface area contributed by atoms with Crippen LogP contribution in [0, 0.1) is 0 Å². The summed E-state index contributed by atoms with van der Waals surface area (Å²) in [6, 6.07) is 59.1. The van der Waals surface area contributed by atoms with Crippen LogP contribution in [-0.2, 0) is 0 Å². The van der Waals surface area contributed by atoms with Crippen molar-refractivity contribution in [2.75, 3.05) is 4.90 Å². The van der Waals surface area contributed by atoms with E-state index in [1.165, 1.54) is 66.1 Å². The van der Waals surface area contributed by atoms with Gasteiger partial charge < -0.3 is 18.9 Å². The molecule has 1 unspecified atom stereocenters. The summed E-state index contributed by atoms with van der Waals surface area (Å²) in [5.74, 6) is 3.50. The number of benzene rings is 7. The van der Waals surface area contributed by atoms with Crippen LogP contribution in [0.5, 0.6) is 23.1 Å². The molecular weight excluding hydrogens is 661 g/mol. The predicted octanol–water partition coefficient (Wildman–Crippen LogP) is 9.20. The predicted molar refractivity (Wildman–Crippen MR) is 216 cm³/mol. The zero-order valence-corrected chi connectivity index (χ0v) is 29.0. The Morgan fingerprint density at radius 3 is 2.07 bits per heavy atom. The van der Waals surface area contributed by atoms with Crippen LogP contribution >= 0.6 is 0 Å². The van der Waals surface area contributed by atoms with E-state index in [0.717, 1.165) is 40.2 Å². The van der Waals surface area contributed by atoms with Gasteiger partial charge in [-0.25, -0.2) is 0 Å². The minimum Gasteiger partial charge on any atom is -0.453 e. The fourth-order valence-electron chi connectivity index (χ4n) is 9.84. The third-order valence-electron chi connectivity index (χ3n) is 12.0. The number of anilines is 3. The van der Waals surface area contributed by atoms with E-state index in [-0.39, 0.29) is 12.8 Å². The summed E-state index contributed by atoms with van der Waals surface area (Å²) in [5.41, 5.74) is 15.6. The molecule has 9 aromatic rings. The average molecular weight is 691 g/mol. The smallest absolute Gasteiger partial charge is 0.374 e. The van der Waals surface area contributed by atoms with E-state index in [4.69, 9.17) is 9.47 Å². The summed E-state index contributed by atoms with van der Waals surface area (Å²) in [6.07, 6.45) is 2.17. The fraction of sp³-hybridized carbons (Fsp3) is 0.0208. The fourth-order valence-corrected chi connectivity index (χ4v) is 9.84. The number of rotatable bonds is 2. The van der Waals surface area contributed by atoms with Gasteiger partial charge in [0.15, 0.2) is 17.7 Å². The Kier molecular flexibility index (Phi) is 5.44. The highest BCUT2D eigenvalue weighted by Crippen LogP contribution is 2.53. The van der Waals surface area contributed by atoms with Crippen molar-refractivity contribution < 1.29 is 14.0 Å². The van der Waals surface area contributed by atoms with Gasteiger partial charge in [0.05, 0.1) is 34.0 Å². The lowest BCUT2D eigenvalue weighted by molar-refractivity contribution is -0.711. The first-order chi connectivity index (χ1) is 26.8. The molecule has 0 amide bonds. The molecule has 0 bridgehead atoms. The van der Waals surface area contributed by atoms with Gasteiger partial charge in [0.2, 0.25) is 12.8 Å². The van der Waals surface area contributed by atoms with Crippen molar-refractivity contribution in [3.8, 4) is 39.9 Å². The molecule has 6 heteroatoms. The quantitative estimate of drug-likeness (QED) is 0.134. The van der Waals surface area contributed by atoms with Crippen LogP contribution < -0.4 is 35.3 Å². The van der Waals surface area contributed by atoms with E-state index >= 15 is 0 Å². The maximum Gasteiger partial charge on any atom is 0.374 e. The largest absolute Gasteiger partial charge is 0.453 e. The lowest BCUT2D eigenvalue weighted by Crippen LogP contribution is -2.65. The van der Waals surface area contributed by atoms with Crippen molar-refractivity contribution in [2.45, 2.75) is 6.04 Å². The van der Waals surface area contributed by atoms with Crippen LogP contribution in [0.15, 0.2) is 170 Å². The van der Waals surface area contributed by atoms with Crippen LogP contribution in [0.4, 0.5) is 17.1 Å². The molecule has 0 saturated carbocycles. The second-order valence-electron chi connectivity index (χ2n) is 14.7. The molecule has 7 aromatic carbocycles. The van der Waals surface area contributed by atoms with Crippen molar-refractivity contribution >= 4 is 62.0 Å². The standard InChI is InChI=1S/C48H29BN3O2/c1-3-15-37-32(11-1)33-12-2-4-16-38(33)51(37)31-24-22-29(23-25-31)30-27-34-46-40(28-30)52-39-17-5-6-18-41(39)53-43-20-10-14-36(48(43)52)49(46)35-13-9-19-42-45(35)47(34)50-26-8-7-21-44(50)54-42/h1-28,47H/q+1. The third kappa shape index (κ3) is 3.62. The third-order valence-corrected chi connectivity index (χ3v) is 12.0. The zero-order valence-electron chi connectivity index (χ0n) is 29.0. The molecule has 54 heavy (non-hydrogen) atoms. The van der Waals surface area contributed by atoms with Crippen molar-refractivity contribution in [1.29, 1.82) is 0 Å². The Hall–Kier alpha value is -7.05. The number of hydrogen-bond donors (Lipinski definition) is 0. The molecule has 4 aliphatic rings. The van der Waals surface area contributed by atoms with E-state index in [1.54, 1.807) is 0 Å². The molecule has 6 heterocycles. The van der Waals surface area contributed by atoms with Crippen LogP contribution in [0.1, 0.15) is 17.2 Å². The molecular formula is C48H29BN3O2+. The molecule has 2 aromatic heterocycles. The van der Waals surface area contributed by atoms with Crippen molar-refractivity contribution in [1.82, 2.24) is 4.57 Å². The Morgan fingerprint density at radius 2 is 1.24 bits per heavy atom. The van der Waals surface area contributed by atoms with Gasteiger partial charge in [0, 0.05) is 33.8 Å². The lowest BCUT2D eigenvalue weighted by atomic mass is 9.31. The van der Waals surface area contributed by atoms with Gasteiger partial charge in [-0.15, -0.1) is 0 Å². The van der Waals surface area contributed by atoms with E-state index in [9.17, 15) is 0 Å². The van der Waals surface area contributed by atoms with E-state index in [2.05, 4.69) is 184 Å². The summed E-state index contributed by atoms with van der Waals surface area (Å²) < 4.78 is 18.0. The summed E-state index contributed by atoms with van der Waals surface area (Å²) >= 11 is 0. The molecule has 0 radical (unpaired) electrons. The number of pyridine rings is 1. The monoisotopic (exact) mass is 690 g/mol. The van der Waals surface area contributed by atoms with Gasteiger partial charge in [-0.1, -0.05) is 90.4 Å². The highest BCUT2D eigenvalue weighted by molar-refractivity contribution is 6.99. The first kappa shape index (κ1) is 28.5. The molecule has 0 spiro atoms. The molecule has 0 aliphatic carbocycles. The molecule has 1 atom stereocenters. The Balaban J connectivity index is 1.08. The number of aromatic nitrogens is 2. The molecule has 0 fully saturated rings. The molecule has 0 saturated heterocycles. The van der Waals surface area contributed by atoms with Gasteiger partial charge in [-0.05, 0) is 88.8 Å². The van der Waals surface area contributed by atoms with Gasteiger partial charge in [0.1, 0.15) is 5.75 Å². The summed E-state index contributed by atoms with van der Waals surface area (Å²) in [6.45, 7) is 0.0162. The van der Waals surface area contributed by atoms with Crippen LogP contribution in [0.3, 0.4) is 0 Å². The molecule has 4 aliphatic heterocycles. The molecule has 13 rings (SSSR count). The van der Waals surface area contributed by atoms with E-state index in [0.29, 0.717) is 0 Å². The van der Waals surface area contributed by atoms with Gasteiger partial charge >= 0.3 is 5.88 Å². The van der Waals surface area contributed by atoms with Crippen LogP contribution in [-0.4, -0.2) is 11.3 Å². The van der Waals surface area contributed by atoms with E-state index < -0.39 is 0 Å². The number of hydrogen-bond acceptors (Lipinski definition) is 3. The molecule has 0 N–H and O–H groups in total. The van der Waals surface area contributed by atoms with Crippen LogP contribution in [0.2, 0.25) is 0 Å². The second-order valence-corrected chi connectivity index (χ2v) is 14.7. The maximum atomic E-state index is 6.64. The van der Waals surface area contributed by atoms with Crippen LogP contribution in [0.25, 0.3) is 38.6 Å². The summed E-state index contributed by atoms with van der Waals surface area (Å²) in [4.78, 5) is 2.46. The minimum atomic E-state index is -0.0519. The summed E-state index contributed by atoms with van der Waals surface area (Å²) in [7, 11) is 0. The number of ether oxygens (including phenoxy) is 2. The SMILES string of the molecule is c1ccc2c(c1)Oc1cccc3c1N2c1cc(-c2ccc(-n4c5ccccc5c5ccccc54)cc2)cc2c1B3c1cccc3c1C2[n+]1ccccc1O3. The Morgan fingerprint density at radius 1 is 0.537 bits per heavy atom. The average Bonchev–Trinajstić information content (AvgIpc) is 3.57. The summed E-state index contributed by atoms with van der Waals surface area (Å²) in [5, 5.41) is 2.53. The topological polar surface area (TPSA) is 30.5 Å². The first-order valence-electron chi connectivity index (χ1n) is 18.6. The maximum absolute atomic E-state index is 6.64. The molecule has 5 nitrogen and oxygen atoms in total. The number of nitrogens with zero attached hydrogens (tertiary/aromatic N) is 3.